The highest BCUT2D eigenvalue weighted by Gasteiger charge is 2.26. The van der Waals surface area contributed by atoms with E-state index in [0.717, 1.165) is 17.0 Å². The molecular weight excluding hydrogens is 258 g/mol. The minimum Gasteiger partial charge on any atom is -0.344 e. The molecule has 0 aliphatic rings. The van der Waals surface area contributed by atoms with Gasteiger partial charge in [-0.2, -0.15) is 0 Å². The van der Waals surface area contributed by atoms with Gasteiger partial charge in [0.2, 0.25) is 5.95 Å². The fraction of sp³-hybridized carbons (Fsp3) is 0.333. The molecule has 4 heteroatoms. The SMILES string of the molecule is Cc1cc(C)nc(NC(C)(CCl)c2ccccc2)n1. The van der Waals surface area contributed by atoms with Crippen LogP contribution in [0.1, 0.15) is 23.9 Å². The van der Waals surface area contributed by atoms with Crippen LogP contribution in [0.25, 0.3) is 0 Å². The average molecular weight is 276 g/mol. The lowest BCUT2D eigenvalue weighted by Crippen LogP contribution is -2.34. The van der Waals surface area contributed by atoms with E-state index in [9.17, 15) is 0 Å². The Bertz CT molecular complexity index is 536. The normalized spacial score (nSPS) is 13.9. The summed E-state index contributed by atoms with van der Waals surface area (Å²) in [7, 11) is 0. The predicted molar refractivity (Wildman–Crippen MR) is 79.6 cm³/mol. The van der Waals surface area contributed by atoms with Crippen LogP contribution in [-0.2, 0) is 5.54 Å². The molecule has 0 spiro atoms. The van der Waals surface area contributed by atoms with E-state index in [0.29, 0.717) is 11.8 Å². The molecular formula is C15H18ClN3. The molecule has 0 aliphatic heterocycles. The number of anilines is 1. The highest BCUT2D eigenvalue weighted by molar-refractivity contribution is 6.18. The Morgan fingerprint density at radius 1 is 1.11 bits per heavy atom. The number of rotatable bonds is 4. The van der Waals surface area contributed by atoms with E-state index in [-0.39, 0.29) is 5.54 Å². The second-order valence-electron chi connectivity index (χ2n) is 4.93. The first-order chi connectivity index (χ1) is 9.03. The molecule has 100 valence electrons. The van der Waals surface area contributed by atoms with E-state index in [2.05, 4.69) is 34.3 Å². The third-order valence-corrected chi connectivity index (χ3v) is 3.58. The minimum absolute atomic E-state index is 0.386. The molecule has 3 nitrogen and oxygen atoms in total. The number of aromatic nitrogens is 2. The van der Waals surface area contributed by atoms with Crippen molar-refractivity contribution in [3.63, 3.8) is 0 Å². The number of benzene rings is 1. The summed E-state index contributed by atoms with van der Waals surface area (Å²) >= 11 is 6.15. The van der Waals surface area contributed by atoms with Crippen molar-refractivity contribution in [2.45, 2.75) is 26.3 Å². The lowest BCUT2D eigenvalue weighted by Gasteiger charge is -2.29. The Labute approximate surface area is 119 Å². The molecule has 0 radical (unpaired) electrons. The Morgan fingerprint density at radius 2 is 1.68 bits per heavy atom. The smallest absolute Gasteiger partial charge is 0.223 e. The molecule has 1 aromatic carbocycles. The third-order valence-electron chi connectivity index (χ3n) is 3.05. The van der Waals surface area contributed by atoms with Crippen molar-refractivity contribution in [2.75, 3.05) is 11.2 Å². The van der Waals surface area contributed by atoms with Crippen molar-refractivity contribution in [3.05, 3.63) is 53.3 Å². The van der Waals surface area contributed by atoms with Crippen LogP contribution in [0, 0.1) is 13.8 Å². The second-order valence-corrected chi connectivity index (χ2v) is 5.20. The number of halogens is 1. The number of alkyl halides is 1. The summed E-state index contributed by atoms with van der Waals surface area (Å²) in [6.07, 6.45) is 0. The highest BCUT2D eigenvalue weighted by atomic mass is 35.5. The Kier molecular flexibility index (Phi) is 4.05. The molecule has 0 bridgehead atoms. The first-order valence-corrected chi connectivity index (χ1v) is 6.79. The summed E-state index contributed by atoms with van der Waals surface area (Å²) in [4.78, 5) is 8.82. The van der Waals surface area contributed by atoms with E-state index in [1.54, 1.807) is 0 Å². The molecule has 1 atom stereocenters. The fourth-order valence-corrected chi connectivity index (χ4v) is 2.24. The predicted octanol–water partition coefficient (Wildman–Crippen LogP) is 3.66. The van der Waals surface area contributed by atoms with Gasteiger partial charge in [0.1, 0.15) is 0 Å². The molecule has 2 rings (SSSR count). The average Bonchev–Trinajstić information content (AvgIpc) is 2.38. The van der Waals surface area contributed by atoms with Crippen molar-refractivity contribution in [3.8, 4) is 0 Å². The number of aryl methyl sites for hydroxylation is 2. The largest absolute Gasteiger partial charge is 0.344 e. The summed E-state index contributed by atoms with van der Waals surface area (Å²) < 4.78 is 0. The summed E-state index contributed by atoms with van der Waals surface area (Å²) in [6, 6.07) is 12.1. The zero-order chi connectivity index (χ0) is 13.9. The van der Waals surface area contributed by atoms with E-state index >= 15 is 0 Å². The Balaban J connectivity index is 2.33. The summed E-state index contributed by atoms with van der Waals surface area (Å²) in [5, 5.41) is 3.35. The van der Waals surface area contributed by atoms with Gasteiger partial charge < -0.3 is 5.32 Å². The van der Waals surface area contributed by atoms with Crippen LogP contribution in [0.3, 0.4) is 0 Å². The van der Waals surface area contributed by atoms with Gasteiger partial charge in [-0.25, -0.2) is 9.97 Å². The van der Waals surface area contributed by atoms with E-state index in [1.807, 2.05) is 38.1 Å². The zero-order valence-electron chi connectivity index (χ0n) is 11.4. The second kappa shape index (κ2) is 5.57. The van der Waals surface area contributed by atoms with Crippen LogP contribution in [0.15, 0.2) is 36.4 Å². The fourth-order valence-electron chi connectivity index (χ4n) is 2.02. The first kappa shape index (κ1) is 13.8. The number of nitrogens with zero attached hydrogens (tertiary/aromatic N) is 2. The van der Waals surface area contributed by atoms with Gasteiger partial charge in [-0.05, 0) is 32.4 Å². The number of nitrogens with one attached hydrogen (secondary N) is 1. The summed E-state index contributed by atoms with van der Waals surface area (Å²) in [5.41, 5.74) is 2.62. The van der Waals surface area contributed by atoms with Gasteiger partial charge >= 0.3 is 0 Å². The van der Waals surface area contributed by atoms with Gasteiger partial charge in [0.15, 0.2) is 0 Å². The Morgan fingerprint density at radius 3 is 2.21 bits per heavy atom. The van der Waals surface area contributed by atoms with Crippen LogP contribution in [0.2, 0.25) is 0 Å². The van der Waals surface area contributed by atoms with Gasteiger partial charge in [0, 0.05) is 17.3 Å². The lowest BCUT2D eigenvalue weighted by atomic mass is 9.94. The van der Waals surface area contributed by atoms with Gasteiger partial charge in [-0.1, -0.05) is 30.3 Å². The van der Waals surface area contributed by atoms with Crippen molar-refractivity contribution in [1.29, 1.82) is 0 Å². The quantitative estimate of drug-likeness (QED) is 0.866. The maximum absolute atomic E-state index is 6.15. The molecule has 1 unspecified atom stereocenters. The number of hydrogen-bond donors (Lipinski definition) is 1. The van der Waals surface area contributed by atoms with Gasteiger partial charge in [-0.15, -0.1) is 11.6 Å². The van der Waals surface area contributed by atoms with Gasteiger partial charge in [0.25, 0.3) is 0 Å². The molecule has 1 N–H and O–H groups in total. The van der Waals surface area contributed by atoms with Gasteiger partial charge in [0.05, 0.1) is 5.54 Å². The summed E-state index contributed by atoms with van der Waals surface area (Å²) in [6.45, 7) is 5.97. The van der Waals surface area contributed by atoms with Crippen molar-refractivity contribution in [1.82, 2.24) is 9.97 Å². The highest BCUT2D eigenvalue weighted by Crippen LogP contribution is 2.26. The molecule has 0 saturated carbocycles. The number of hydrogen-bond acceptors (Lipinski definition) is 3. The van der Waals surface area contributed by atoms with Crippen LogP contribution < -0.4 is 5.32 Å². The lowest BCUT2D eigenvalue weighted by molar-refractivity contribution is 0.608. The molecule has 0 fully saturated rings. The monoisotopic (exact) mass is 275 g/mol. The molecule has 0 saturated heterocycles. The molecule has 0 aliphatic carbocycles. The maximum Gasteiger partial charge on any atom is 0.223 e. The van der Waals surface area contributed by atoms with E-state index in [1.165, 1.54) is 0 Å². The maximum atomic E-state index is 6.15. The first-order valence-electron chi connectivity index (χ1n) is 6.25. The molecule has 0 amide bonds. The van der Waals surface area contributed by atoms with Crippen LogP contribution >= 0.6 is 11.6 Å². The van der Waals surface area contributed by atoms with Crippen LogP contribution in [-0.4, -0.2) is 15.8 Å². The topological polar surface area (TPSA) is 37.8 Å². The van der Waals surface area contributed by atoms with Crippen LogP contribution in [0.4, 0.5) is 5.95 Å². The van der Waals surface area contributed by atoms with E-state index < -0.39 is 0 Å². The molecule has 1 aromatic heterocycles. The summed E-state index contributed by atoms with van der Waals surface area (Å²) in [5.74, 6) is 1.05. The zero-order valence-corrected chi connectivity index (χ0v) is 12.2. The standard InChI is InChI=1S/C15H18ClN3/c1-11-9-12(2)18-14(17-11)19-15(3,10-16)13-7-5-4-6-8-13/h4-9H,10H2,1-3H3,(H,17,18,19). The van der Waals surface area contributed by atoms with Crippen molar-refractivity contribution in [2.24, 2.45) is 0 Å². The van der Waals surface area contributed by atoms with E-state index in [4.69, 9.17) is 11.6 Å². The van der Waals surface area contributed by atoms with Crippen molar-refractivity contribution >= 4 is 17.5 Å². The Hall–Kier alpha value is -1.61. The molecule has 19 heavy (non-hydrogen) atoms. The molecule has 1 heterocycles. The van der Waals surface area contributed by atoms with Gasteiger partial charge in [-0.3, -0.25) is 0 Å². The van der Waals surface area contributed by atoms with Crippen molar-refractivity contribution < 1.29 is 0 Å². The molecule has 2 aromatic rings. The van der Waals surface area contributed by atoms with Crippen LogP contribution in [0.5, 0.6) is 0 Å². The third kappa shape index (κ3) is 3.24. The minimum atomic E-state index is -0.386.